The Bertz CT molecular complexity index is 287. The maximum absolute atomic E-state index is 11.4. The van der Waals surface area contributed by atoms with Crippen molar-refractivity contribution < 1.29 is 14.6 Å². The number of aliphatic hydroxyl groups is 1. The van der Waals surface area contributed by atoms with Crippen molar-refractivity contribution in [2.75, 3.05) is 19.8 Å². The van der Waals surface area contributed by atoms with Crippen LogP contribution in [0.5, 0.6) is 0 Å². The largest absolute Gasteiger partial charge is 0.445 e. The lowest BCUT2D eigenvalue weighted by molar-refractivity contribution is 0.0717. The molecule has 2 unspecified atom stereocenters. The highest BCUT2D eigenvalue weighted by molar-refractivity contribution is 5.67. The number of carbonyl (C=O) groups is 1. The Morgan fingerprint density at radius 3 is 2.32 bits per heavy atom. The highest BCUT2D eigenvalue weighted by Gasteiger charge is 2.33. The molecule has 0 fully saturated rings. The minimum absolute atomic E-state index is 0.0410. The molecule has 1 amide bonds. The average molecular weight is 271 g/mol. The molecule has 0 saturated heterocycles. The molecule has 0 aromatic heterocycles. The van der Waals surface area contributed by atoms with E-state index < -0.39 is 6.09 Å². The summed E-state index contributed by atoms with van der Waals surface area (Å²) in [5.41, 5.74) is -0.141. The van der Waals surface area contributed by atoms with Gasteiger partial charge in [-0.25, -0.2) is 4.79 Å². The molecule has 0 saturated carbocycles. The predicted octanol–water partition coefficient (Wildman–Crippen LogP) is 3.11. The molecule has 0 aromatic rings. The maximum Gasteiger partial charge on any atom is 0.407 e. The van der Waals surface area contributed by atoms with Gasteiger partial charge in [-0.1, -0.05) is 40.3 Å². The van der Waals surface area contributed by atoms with Gasteiger partial charge < -0.3 is 15.2 Å². The summed E-state index contributed by atoms with van der Waals surface area (Å²) in [7, 11) is 0. The van der Waals surface area contributed by atoms with Crippen molar-refractivity contribution in [3.05, 3.63) is 12.7 Å². The van der Waals surface area contributed by atoms with Crippen LogP contribution in [0.25, 0.3) is 0 Å². The van der Waals surface area contributed by atoms with Gasteiger partial charge in [-0.3, -0.25) is 0 Å². The van der Waals surface area contributed by atoms with Crippen LogP contribution < -0.4 is 5.32 Å². The number of nitrogens with one attached hydrogen (secondary N) is 1. The van der Waals surface area contributed by atoms with Crippen molar-refractivity contribution in [3.8, 4) is 0 Å². The van der Waals surface area contributed by atoms with Crippen LogP contribution in [0.1, 0.15) is 47.0 Å². The summed E-state index contributed by atoms with van der Waals surface area (Å²) >= 11 is 0. The standard InChI is InChI=1S/C15H29NO3/c1-6-9-19-13(18)16-11-14(4,7-2)10-15(5,8-3)12-17/h6,17H,1,7-12H2,2-5H3,(H,16,18). The Morgan fingerprint density at radius 1 is 1.32 bits per heavy atom. The predicted molar refractivity (Wildman–Crippen MR) is 78.0 cm³/mol. The van der Waals surface area contributed by atoms with Gasteiger partial charge in [-0.15, -0.1) is 0 Å². The van der Waals surface area contributed by atoms with Gasteiger partial charge in [0.05, 0.1) is 0 Å². The van der Waals surface area contributed by atoms with E-state index >= 15 is 0 Å². The van der Waals surface area contributed by atoms with Crippen molar-refractivity contribution in [2.45, 2.75) is 47.0 Å². The van der Waals surface area contributed by atoms with Crippen LogP contribution in [0.15, 0.2) is 12.7 Å². The van der Waals surface area contributed by atoms with Crippen LogP contribution in [0.3, 0.4) is 0 Å². The molecule has 0 aromatic carbocycles. The highest BCUT2D eigenvalue weighted by Crippen LogP contribution is 2.38. The third-order valence-corrected chi connectivity index (χ3v) is 3.93. The summed E-state index contributed by atoms with van der Waals surface area (Å²) < 4.78 is 4.90. The second kappa shape index (κ2) is 8.20. The summed E-state index contributed by atoms with van der Waals surface area (Å²) in [5.74, 6) is 0. The van der Waals surface area contributed by atoms with Crippen LogP contribution in [0.4, 0.5) is 4.79 Å². The second-order valence-electron chi connectivity index (χ2n) is 5.90. The van der Waals surface area contributed by atoms with Crippen molar-refractivity contribution in [3.63, 3.8) is 0 Å². The first-order chi connectivity index (χ1) is 8.84. The first kappa shape index (κ1) is 18.0. The third kappa shape index (κ3) is 6.62. The molecule has 0 rings (SSSR count). The van der Waals surface area contributed by atoms with E-state index in [1.165, 1.54) is 0 Å². The van der Waals surface area contributed by atoms with E-state index in [1.54, 1.807) is 6.08 Å². The zero-order chi connectivity index (χ0) is 14.9. The Balaban J connectivity index is 4.44. The van der Waals surface area contributed by atoms with Crippen molar-refractivity contribution in [1.29, 1.82) is 0 Å². The van der Waals surface area contributed by atoms with Gasteiger partial charge in [0.25, 0.3) is 0 Å². The number of ether oxygens (including phenoxy) is 1. The van der Waals surface area contributed by atoms with E-state index in [1.807, 2.05) is 0 Å². The SMILES string of the molecule is C=CCOC(=O)NCC(C)(CC)CC(C)(CC)CO. The molecule has 112 valence electrons. The molecule has 2 N–H and O–H groups in total. The zero-order valence-electron chi connectivity index (χ0n) is 12.8. The first-order valence-electron chi connectivity index (χ1n) is 6.97. The number of carbonyl (C=O) groups excluding carboxylic acids is 1. The number of aliphatic hydroxyl groups excluding tert-OH is 1. The lowest BCUT2D eigenvalue weighted by Gasteiger charge is -2.37. The molecule has 0 aliphatic rings. The summed E-state index contributed by atoms with van der Waals surface area (Å²) in [6.07, 6.45) is 3.84. The molecular formula is C15H29NO3. The molecule has 0 bridgehead atoms. The fourth-order valence-electron chi connectivity index (χ4n) is 2.11. The van der Waals surface area contributed by atoms with Crippen molar-refractivity contribution >= 4 is 6.09 Å². The van der Waals surface area contributed by atoms with Gasteiger partial charge in [-0.05, 0) is 30.1 Å². The lowest BCUT2D eigenvalue weighted by Crippen LogP contribution is -2.40. The van der Waals surface area contributed by atoms with E-state index in [2.05, 4.69) is 39.6 Å². The minimum atomic E-state index is -0.415. The number of hydrogen-bond donors (Lipinski definition) is 2. The van der Waals surface area contributed by atoms with Crippen LogP contribution in [0.2, 0.25) is 0 Å². The van der Waals surface area contributed by atoms with E-state index in [9.17, 15) is 9.90 Å². The van der Waals surface area contributed by atoms with Crippen LogP contribution in [-0.4, -0.2) is 31.0 Å². The number of rotatable bonds is 9. The maximum atomic E-state index is 11.4. The zero-order valence-corrected chi connectivity index (χ0v) is 12.8. The van der Waals surface area contributed by atoms with Gasteiger partial charge in [0.1, 0.15) is 6.61 Å². The molecule has 4 heteroatoms. The molecular weight excluding hydrogens is 242 g/mol. The van der Waals surface area contributed by atoms with E-state index in [0.29, 0.717) is 6.54 Å². The normalized spacial score (nSPS) is 17.1. The number of amides is 1. The first-order valence-corrected chi connectivity index (χ1v) is 6.97. The Kier molecular flexibility index (Phi) is 7.76. The average Bonchev–Trinajstić information content (AvgIpc) is 2.42. The molecule has 0 radical (unpaired) electrons. The van der Waals surface area contributed by atoms with Gasteiger partial charge in [-0.2, -0.15) is 0 Å². The fraction of sp³-hybridized carbons (Fsp3) is 0.800. The summed E-state index contributed by atoms with van der Waals surface area (Å²) in [6.45, 7) is 12.8. The summed E-state index contributed by atoms with van der Waals surface area (Å²) in [4.78, 5) is 11.4. The molecule has 19 heavy (non-hydrogen) atoms. The van der Waals surface area contributed by atoms with E-state index in [0.717, 1.165) is 19.3 Å². The molecule has 0 aliphatic heterocycles. The van der Waals surface area contributed by atoms with Gasteiger partial charge in [0, 0.05) is 13.2 Å². The van der Waals surface area contributed by atoms with Gasteiger partial charge in [0.2, 0.25) is 0 Å². The minimum Gasteiger partial charge on any atom is -0.445 e. The third-order valence-electron chi connectivity index (χ3n) is 3.93. The number of alkyl carbamates (subject to hydrolysis) is 1. The molecule has 4 nitrogen and oxygen atoms in total. The van der Waals surface area contributed by atoms with Crippen molar-refractivity contribution in [1.82, 2.24) is 5.32 Å². The molecule has 0 aliphatic carbocycles. The summed E-state index contributed by atoms with van der Waals surface area (Å²) in [6, 6.07) is 0. The Labute approximate surface area is 117 Å². The molecule has 2 atom stereocenters. The summed E-state index contributed by atoms with van der Waals surface area (Å²) in [5, 5.41) is 12.3. The quantitative estimate of drug-likeness (QED) is 0.633. The monoisotopic (exact) mass is 271 g/mol. The van der Waals surface area contributed by atoms with Gasteiger partial charge in [0.15, 0.2) is 0 Å². The van der Waals surface area contributed by atoms with E-state index in [4.69, 9.17) is 4.74 Å². The second-order valence-corrected chi connectivity index (χ2v) is 5.90. The molecule has 0 heterocycles. The number of hydrogen-bond acceptors (Lipinski definition) is 3. The van der Waals surface area contributed by atoms with Gasteiger partial charge >= 0.3 is 6.09 Å². The van der Waals surface area contributed by atoms with Crippen LogP contribution >= 0.6 is 0 Å². The molecule has 0 spiro atoms. The lowest BCUT2D eigenvalue weighted by atomic mass is 9.70. The Hall–Kier alpha value is -1.03. The van der Waals surface area contributed by atoms with E-state index in [-0.39, 0.29) is 24.0 Å². The Morgan fingerprint density at radius 2 is 1.89 bits per heavy atom. The van der Waals surface area contributed by atoms with Crippen LogP contribution in [-0.2, 0) is 4.74 Å². The fourth-order valence-corrected chi connectivity index (χ4v) is 2.11. The highest BCUT2D eigenvalue weighted by atomic mass is 16.5. The topological polar surface area (TPSA) is 58.6 Å². The van der Waals surface area contributed by atoms with Crippen molar-refractivity contribution in [2.24, 2.45) is 10.8 Å². The smallest absolute Gasteiger partial charge is 0.407 e. The van der Waals surface area contributed by atoms with Crippen LogP contribution in [0, 0.1) is 10.8 Å².